The molecule has 0 amide bonds. The van der Waals surface area contributed by atoms with Gasteiger partial charge in [0.2, 0.25) is 0 Å². The average Bonchev–Trinajstić information content (AvgIpc) is 3.07. The first kappa shape index (κ1) is 25.0. The minimum atomic E-state index is -0.995. The van der Waals surface area contributed by atoms with Gasteiger partial charge in [0.1, 0.15) is 0 Å². The molecular formula is C26H42O4S. The summed E-state index contributed by atoms with van der Waals surface area (Å²) in [4.78, 5) is 0. The van der Waals surface area contributed by atoms with Gasteiger partial charge in [0, 0.05) is 12.2 Å². The van der Waals surface area contributed by atoms with Gasteiger partial charge in [-0.1, -0.05) is 38.2 Å². The summed E-state index contributed by atoms with van der Waals surface area (Å²) >= 11 is 1.76. The SMILES string of the molecule is C=C1/C(=C/C=C2\CCC[C@]3(C)[C@@H]([C@H](C)CSC[C@@](C)(O)CO)CC[C@@H]23)C[C@@H](O)C[C@@H]1O. The van der Waals surface area contributed by atoms with Crippen LogP contribution in [0.3, 0.4) is 0 Å². The number of aliphatic hydroxyl groups is 4. The van der Waals surface area contributed by atoms with Gasteiger partial charge < -0.3 is 20.4 Å². The maximum absolute atomic E-state index is 10.1. The predicted octanol–water partition coefficient (Wildman–Crippen LogP) is 4.24. The van der Waals surface area contributed by atoms with Crippen LogP contribution in [0.1, 0.15) is 65.7 Å². The molecule has 0 aromatic heterocycles. The Morgan fingerprint density at radius 2 is 2.03 bits per heavy atom. The Morgan fingerprint density at radius 3 is 2.74 bits per heavy atom. The Morgan fingerprint density at radius 1 is 1.29 bits per heavy atom. The third-order valence-corrected chi connectivity index (χ3v) is 9.71. The van der Waals surface area contributed by atoms with Crippen LogP contribution in [-0.4, -0.2) is 56.3 Å². The minimum Gasteiger partial charge on any atom is -0.393 e. The largest absolute Gasteiger partial charge is 0.393 e. The van der Waals surface area contributed by atoms with Crippen molar-refractivity contribution in [2.45, 2.75) is 83.5 Å². The molecule has 176 valence electrons. The van der Waals surface area contributed by atoms with Crippen molar-refractivity contribution in [3.05, 3.63) is 35.5 Å². The Balaban J connectivity index is 1.68. The van der Waals surface area contributed by atoms with E-state index in [0.29, 0.717) is 41.8 Å². The molecule has 3 saturated carbocycles. The number of aliphatic hydroxyl groups excluding tert-OH is 3. The third-order valence-electron chi connectivity index (χ3n) is 8.12. The van der Waals surface area contributed by atoms with Crippen molar-refractivity contribution >= 4 is 11.8 Å². The highest BCUT2D eigenvalue weighted by Gasteiger charge is 2.50. The van der Waals surface area contributed by atoms with Gasteiger partial charge in [0.15, 0.2) is 0 Å². The molecule has 3 aliphatic carbocycles. The zero-order valence-corrected chi connectivity index (χ0v) is 20.3. The molecule has 4 N–H and O–H groups in total. The molecule has 3 aliphatic rings. The van der Waals surface area contributed by atoms with Crippen LogP contribution in [0.2, 0.25) is 0 Å². The van der Waals surface area contributed by atoms with E-state index in [9.17, 15) is 20.4 Å². The standard InChI is InChI=1S/C26H42O4S/c1-17(14-31-16-25(3,30)15-27)22-9-10-23-19(6-5-11-26(22,23)4)7-8-20-12-21(28)13-24(29)18(20)2/h7-8,17,21-24,27-30H,2,5-6,9-16H2,1,3-4H3/b19-7+,20-8+/t17-,21-,22-,23+,24+,25+,26-/m1/s1. The van der Waals surface area contributed by atoms with E-state index in [0.717, 1.165) is 23.3 Å². The molecule has 0 aromatic carbocycles. The van der Waals surface area contributed by atoms with E-state index in [1.165, 1.54) is 31.3 Å². The maximum atomic E-state index is 10.1. The lowest BCUT2D eigenvalue weighted by Gasteiger charge is -2.44. The summed E-state index contributed by atoms with van der Waals surface area (Å²) in [6.45, 7) is 10.4. The summed E-state index contributed by atoms with van der Waals surface area (Å²) in [5.74, 6) is 3.44. The summed E-state index contributed by atoms with van der Waals surface area (Å²) in [5, 5.41) is 39.5. The van der Waals surface area contributed by atoms with Crippen molar-refractivity contribution in [1.82, 2.24) is 0 Å². The molecule has 0 radical (unpaired) electrons. The highest BCUT2D eigenvalue weighted by molar-refractivity contribution is 7.99. The summed E-state index contributed by atoms with van der Waals surface area (Å²) < 4.78 is 0. The van der Waals surface area contributed by atoms with Gasteiger partial charge in [-0.25, -0.2) is 0 Å². The van der Waals surface area contributed by atoms with Crippen LogP contribution in [0.25, 0.3) is 0 Å². The van der Waals surface area contributed by atoms with E-state index in [1.807, 2.05) is 0 Å². The van der Waals surface area contributed by atoms with E-state index >= 15 is 0 Å². The van der Waals surface area contributed by atoms with E-state index in [-0.39, 0.29) is 6.61 Å². The lowest BCUT2D eigenvalue weighted by Crippen LogP contribution is -2.37. The predicted molar refractivity (Wildman–Crippen MR) is 129 cm³/mol. The molecule has 0 unspecified atom stereocenters. The van der Waals surface area contributed by atoms with Crippen molar-refractivity contribution in [2.24, 2.45) is 23.2 Å². The molecule has 3 fully saturated rings. The van der Waals surface area contributed by atoms with Gasteiger partial charge in [-0.05, 0) is 85.5 Å². The summed E-state index contributed by atoms with van der Waals surface area (Å²) in [6, 6.07) is 0. The van der Waals surface area contributed by atoms with Gasteiger partial charge in [0.05, 0.1) is 24.4 Å². The summed E-state index contributed by atoms with van der Waals surface area (Å²) in [7, 11) is 0. The molecule has 3 rings (SSSR count). The van der Waals surface area contributed by atoms with Crippen molar-refractivity contribution in [3.8, 4) is 0 Å². The smallest absolute Gasteiger partial charge is 0.0939 e. The second kappa shape index (κ2) is 10.1. The maximum Gasteiger partial charge on any atom is 0.0939 e. The Bertz CT molecular complexity index is 712. The lowest BCUT2D eigenvalue weighted by atomic mass is 9.61. The highest BCUT2D eigenvalue weighted by Crippen LogP contribution is 2.59. The summed E-state index contributed by atoms with van der Waals surface area (Å²) in [6.07, 6.45) is 10.3. The molecule has 0 bridgehead atoms. The summed E-state index contributed by atoms with van der Waals surface area (Å²) in [5.41, 5.74) is 2.58. The fraction of sp³-hybridized carbons (Fsp3) is 0.769. The first-order valence-electron chi connectivity index (χ1n) is 11.9. The average molecular weight is 451 g/mol. The zero-order valence-electron chi connectivity index (χ0n) is 19.5. The second-order valence-electron chi connectivity index (χ2n) is 10.8. The zero-order chi connectivity index (χ0) is 22.8. The molecule has 0 saturated heterocycles. The van der Waals surface area contributed by atoms with E-state index < -0.39 is 17.8 Å². The second-order valence-corrected chi connectivity index (χ2v) is 11.8. The van der Waals surface area contributed by atoms with Gasteiger partial charge in [-0.3, -0.25) is 0 Å². The normalized spacial score (nSPS) is 39.5. The molecule has 5 heteroatoms. The first-order chi connectivity index (χ1) is 14.6. The third kappa shape index (κ3) is 5.67. The number of thioether (sulfide) groups is 1. The fourth-order valence-corrected chi connectivity index (χ4v) is 7.56. The highest BCUT2D eigenvalue weighted by atomic mass is 32.2. The fourth-order valence-electron chi connectivity index (χ4n) is 6.31. The van der Waals surface area contributed by atoms with Gasteiger partial charge in [0.25, 0.3) is 0 Å². The van der Waals surface area contributed by atoms with Crippen LogP contribution in [0.5, 0.6) is 0 Å². The van der Waals surface area contributed by atoms with E-state index in [1.54, 1.807) is 18.7 Å². The van der Waals surface area contributed by atoms with Gasteiger partial charge in [-0.15, -0.1) is 0 Å². The number of fused-ring (bicyclic) bond motifs is 1. The van der Waals surface area contributed by atoms with Crippen molar-refractivity contribution in [3.63, 3.8) is 0 Å². The van der Waals surface area contributed by atoms with Crippen LogP contribution >= 0.6 is 11.8 Å². The molecule has 0 spiro atoms. The Kier molecular flexibility index (Phi) is 8.18. The van der Waals surface area contributed by atoms with Crippen LogP contribution in [0.4, 0.5) is 0 Å². The van der Waals surface area contributed by atoms with Crippen molar-refractivity contribution < 1.29 is 20.4 Å². The van der Waals surface area contributed by atoms with Crippen LogP contribution in [0.15, 0.2) is 35.5 Å². The molecule has 31 heavy (non-hydrogen) atoms. The number of allylic oxidation sites excluding steroid dienone is 3. The van der Waals surface area contributed by atoms with E-state index in [4.69, 9.17) is 0 Å². The number of hydrogen-bond acceptors (Lipinski definition) is 5. The van der Waals surface area contributed by atoms with E-state index in [2.05, 4.69) is 32.6 Å². The van der Waals surface area contributed by atoms with Crippen LogP contribution in [-0.2, 0) is 0 Å². The molecular weight excluding hydrogens is 408 g/mol. The van der Waals surface area contributed by atoms with Crippen molar-refractivity contribution in [1.29, 1.82) is 0 Å². The quantitative estimate of drug-likeness (QED) is 0.466. The topological polar surface area (TPSA) is 80.9 Å². The number of rotatable bonds is 7. The Hall–Kier alpha value is -0.590. The monoisotopic (exact) mass is 450 g/mol. The van der Waals surface area contributed by atoms with Gasteiger partial charge >= 0.3 is 0 Å². The first-order valence-corrected chi connectivity index (χ1v) is 13.1. The molecule has 7 atom stereocenters. The van der Waals surface area contributed by atoms with Crippen molar-refractivity contribution in [2.75, 3.05) is 18.1 Å². The molecule has 4 nitrogen and oxygen atoms in total. The minimum absolute atomic E-state index is 0.193. The molecule has 0 aliphatic heterocycles. The van der Waals surface area contributed by atoms with Gasteiger partial charge in [-0.2, -0.15) is 11.8 Å². The Labute approximate surface area is 192 Å². The molecule has 0 aromatic rings. The lowest BCUT2D eigenvalue weighted by molar-refractivity contribution is 0.0224. The molecule has 0 heterocycles. The van der Waals surface area contributed by atoms with Crippen LogP contribution < -0.4 is 0 Å². The number of hydrogen-bond donors (Lipinski definition) is 4. The van der Waals surface area contributed by atoms with Crippen LogP contribution in [0, 0.1) is 23.2 Å².